The molecule has 0 aromatic heterocycles. The van der Waals surface area contributed by atoms with Crippen molar-refractivity contribution in [2.75, 3.05) is 33.4 Å². The van der Waals surface area contributed by atoms with Crippen molar-refractivity contribution in [1.82, 2.24) is 14.3 Å². The van der Waals surface area contributed by atoms with Crippen LogP contribution in [-0.2, 0) is 19.7 Å². The van der Waals surface area contributed by atoms with E-state index in [1.807, 2.05) is 0 Å². The summed E-state index contributed by atoms with van der Waals surface area (Å²) in [5, 5.41) is 2.65. The zero-order chi connectivity index (χ0) is 12.9. The zero-order valence-corrected chi connectivity index (χ0v) is 10.9. The topological polar surface area (TPSA) is 87.7 Å². The smallest absolute Gasteiger partial charge is 0.280 e. The number of carbonyl (C=O) groups excluding carboxylic acids is 1. The number of carbonyl (C=O) groups is 1. The minimum Gasteiger partial charge on any atom is -0.383 e. The monoisotopic (exact) mass is 265 g/mol. The van der Waals surface area contributed by atoms with Crippen LogP contribution in [0.5, 0.6) is 0 Å². The van der Waals surface area contributed by atoms with Gasteiger partial charge in [0.25, 0.3) is 10.2 Å². The first-order valence-corrected chi connectivity index (χ1v) is 7.00. The molecule has 0 spiro atoms. The Balaban J connectivity index is 2.70. The van der Waals surface area contributed by atoms with Crippen molar-refractivity contribution in [3.63, 3.8) is 0 Å². The lowest BCUT2D eigenvalue weighted by Gasteiger charge is -2.33. The summed E-state index contributed by atoms with van der Waals surface area (Å²) in [5.74, 6) is -0.240. The van der Waals surface area contributed by atoms with Crippen LogP contribution in [0.1, 0.15) is 13.3 Å². The molecule has 7 nitrogen and oxygen atoms in total. The summed E-state index contributed by atoms with van der Waals surface area (Å²) in [6.45, 7) is 2.93. The van der Waals surface area contributed by atoms with Crippen molar-refractivity contribution in [3.05, 3.63) is 0 Å². The predicted molar refractivity (Wildman–Crippen MR) is 62.6 cm³/mol. The van der Waals surface area contributed by atoms with Crippen LogP contribution < -0.4 is 10.0 Å². The molecule has 0 radical (unpaired) electrons. The number of methoxy groups -OCH3 is 1. The Morgan fingerprint density at radius 1 is 1.59 bits per heavy atom. The van der Waals surface area contributed by atoms with Crippen molar-refractivity contribution < 1.29 is 17.9 Å². The Bertz CT molecular complexity index is 357. The molecule has 0 saturated carbocycles. The van der Waals surface area contributed by atoms with E-state index < -0.39 is 16.3 Å². The molecule has 0 aliphatic carbocycles. The van der Waals surface area contributed by atoms with Crippen molar-refractivity contribution in [3.8, 4) is 0 Å². The first kappa shape index (κ1) is 14.4. The number of hydrogen-bond acceptors (Lipinski definition) is 4. The molecular weight excluding hydrogens is 246 g/mol. The largest absolute Gasteiger partial charge is 0.383 e. The number of nitrogens with zero attached hydrogens (tertiary/aromatic N) is 1. The molecule has 1 unspecified atom stereocenters. The third kappa shape index (κ3) is 3.63. The van der Waals surface area contributed by atoms with E-state index in [0.29, 0.717) is 26.1 Å². The van der Waals surface area contributed by atoms with E-state index in [4.69, 9.17) is 4.74 Å². The van der Waals surface area contributed by atoms with Crippen LogP contribution in [0.15, 0.2) is 0 Å². The molecule has 2 N–H and O–H groups in total. The highest BCUT2D eigenvalue weighted by Crippen LogP contribution is 2.12. The number of piperazine rings is 1. The summed E-state index contributed by atoms with van der Waals surface area (Å²) in [7, 11) is -2.11. The summed E-state index contributed by atoms with van der Waals surface area (Å²) >= 11 is 0. The van der Waals surface area contributed by atoms with E-state index in [0.717, 1.165) is 0 Å². The quantitative estimate of drug-likeness (QED) is 0.583. The van der Waals surface area contributed by atoms with Crippen LogP contribution in [0.2, 0.25) is 0 Å². The molecule has 1 heterocycles. The fraction of sp³-hybridized carbons (Fsp3) is 0.889. The summed E-state index contributed by atoms with van der Waals surface area (Å²) in [6.07, 6.45) is 0.455. The standard InChI is InChI=1S/C9H19N3O4S/c1-3-8-9(13)10-4-6-12(8)17(14,15)11-5-7-16-2/h8,11H,3-7H2,1-2H3,(H,10,13). The number of nitrogens with one attached hydrogen (secondary N) is 2. The Hall–Kier alpha value is -0.700. The van der Waals surface area contributed by atoms with Gasteiger partial charge >= 0.3 is 0 Å². The van der Waals surface area contributed by atoms with E-state index >= 15 is 0 Å². The van der Waals surface area contributed by atoms with Crippen molar-refractivity contribution in [1.29, 1.82) is 0 Å². The van der Waals surface area contributed by atoms with Gasteiger partial charge in [0.1, 0.15) is 6.04 Å². The Morgan fingerprint density at radius 2 is 2.29 bits per heavy atom. The van der Waals surface area contributed by atoms with Crippen LogP contribution in [0.4, 0.5) is 0 Å². The molecule has 0 bridgehead atoms. The molecule has 1 aliphatic heterocycles. The molecule has 1 rings (SSSR count). The number of ether oxygens (including phenoxy) is 1. The van der Waals surface area contributed by atoms with Gasteiger partial charge in [0, 0.05) is 26.7 Å². The highest BCUT2D eigenvalue weighted by atomic mass is 32.2. The molecule has 1 amide bonds. The fourth-order valence-electron chi connectivity index (χ4n) is 1.73. The highest BCUT2D eigenvalue weighted by Gasteiger charge is 2.35. The average Bonchev–Trinajstić information content (AvgIpc) is 2.29. The normalized spacial score (nSPS) is 22.5. The van der Waals surface area contributed by atoms with E-state index in [1.165, 1.54) is 11.4 Å². The maximum Gasteiger partial charge on any atom is 0.280 e. The second-order valence-electron chi connectivity index (χ2n) is 3.72. The molecule has 100 valence electrons. The van der Waals surface area contributed by atoms with Crippen LogP contribution >= 0.6 is 0 Å². The van der Waals surface area contributed by atoms with Gasteiger partial charge in [0.2, 0.25) is 5.91 Å². The summed E-state index contributed by atoms with van der Waals surface area (Å²) in [6, 6.07) is -0.621. The van der Waals surface area contributed by atoms with Gasteiger partial charge in [-0.05, 0) is 6.42 Å². The maximum absolute atomic E-state index is 12.0. The number of amides is 1. The third-order valence-corrected chi connectivity index (χ3v) is 4.19. The van der Waals surface area contributed by atoms with Crippen LogP contribution in [0.3, 0.4) is 0 Å². The van der Waals surface area contributed by atoms with Gasteiger partial charge in [-0.1, -0.05) is 6.92 Å². The maximum atomic E-state index is 12.0. The number of hydrogen-bond donors (Lipinski definition) is 2. The third-order valence-electron chi connectivity index (χ3n) is 2.57. The average molecular weight is 265 g/mol. The minimum absolute atomic E-state index is 0.202. The lowest BCUT2D eigenvalue weighted by Crippen LogP contribution is -2.59. The molecule has 1 saturated heterocycles. The van der Waals surface area contributed by atoms with Gasteiger partial charge in [-0.2, -0.15) is 17.4 Å². The molecule has 1 aliphatic rings. The molecule has 1 fully saturated rings. The first-order chi connectivity index (χ1) is 8.03. The van der Waals surface area contributed by atoms with E-state index in [1.54, 1.807) is 6.92 Å². The van der Waals surface area contributed by atoms with Crippen LogP contribution in [0.25, 0.3) is 0 Å². The van der Waals surface area contributed by atoms with Crippen LogP contribution in [0, 0.1) is 0 Å². The van der Waals surface area contributed by atoms with Gasteiger partial charge < -0.3 is 10.1 Å². The van der Waals surface area contributed by atoms with Crippen molar-refractivity contribution in [2.45, 2.75) is 19.4 Å². The van der Waals surface area contributed by atoms with Gasteiger partial charge in [-0.25, -0.2) is 0 Å². The van der Waals surface area contributed by atoms with Gasteiger partial charge in [0.05, 0.1) is 6.61 Å². The molecule has 0 aromatic carbocycles. The SMILES string of the molecule is CCC1C(=O)NCCN1S(=O)(=O)NCCOC. The molecule has 1 atom stereocenters. The Kier molecular flexibility index (Phi) is 5.31. The van der Waals surface area contributed by atoms with Crippen molar-refractivity contribution >= 4 is 16.1 Å². The molecule has 0 aromatic rings. The van der Waals surface area contributed by atoms with Crippen LogP contribution in [-0.4, -0.2) is 58.0 Å². The second-order valence-corrected chi connectivity index (χ2v) is 5.43. The molecule has 8 heteroatoms. The van der Waals surface area contributed by atoms with Gasteiger partial charge in [-0.3, -0.25) is 4.79 Å². The Labute approximate surface area is 102 Å². The minimum atomic E-state index is -3.61. The molecular formula is C9H19N3O4S. The van der Waals surface area contributed by atoms with E-state index in [9.17, 15) is 13.2 Å². The summed E-state index contributed by atoms with van der Waals surface area (Å²) < 4.78 is 32.3. The predicted octanol–water partition coefficient (Wildman–Crippen LogP) is -1.32. The van der Waals surface area contributed by atoms with Gasteiger partial charge in [0.15, 0.2) is 0 Å². The molecule has 17 heavy (non-hydrogen) atoms. The first-order valence-electron chi connectivity index (χ1n) is 5.56. The van der Waals surface area contributed by atoms with E-state index in [-0.39, 0.29) is 12.5 Å². The van der Waals surface area contributed by atoms with Gasteiger partial charge in [-0.15, -0.1) is 0 Å². The van der Waals surface area contributed by atoms with E-state index in [2.05, 4.69) is 10.0 Å². The Morgan fingerprint density at radius 3 is 2.88 bits per heavy atom. The second kappa shape index (κ2) is 6.29. The lowest BCUT2D eigenvalue weighted by atomic mass is 10.2. The fourth-order valence-corrected chi connectivity index (χ4v) is 3.14. The zero-order valence-electron chi connectivity index (χ0n) is 10.1. The lowest BCUT2D eigenvalue weighted by molar-refractivity contribution is -0.126. The summed E-state index contributed by atoms with van der Waals surface area (Å²) in [5.41, 5.74) is 0. The number of rotatable bonds is 6. The summed E-state index contributed by atoms with van der Waals surface area (Å²) in [4.78, 5) is 11.5. The highest BCUT2D eigenvalue weighted by molar-refractivity contribution is 7.87. The van der Waals surface area contributed by atoms with Crippen molar-refractivity contribution in [2.24, 2.45) is 0 Å².